The molecule has 3 rings (SSSR count). The van der Waals surface area contributed by atoms with Crippen LogP contribution in [-0.2, 0) is 6.54 Å². The van der Waals surface area contributed by atoms with Gasteiger partial charge >= 0.3 is 6.03 Å². The summed E-state index contributed by atoms with van der Waals surface area (Å²) in [5.41, 5.74) is 0. The number of hydrogen-bond donors (Lipinski definition) is 1. The van der Waals surface area contributed by atoms with E-state index in [1.54, 1.807) is 17.4 Å². The summed E-state index contributed by atoms with van der Waals surface area (Å²) in [5.74, 6) is 1.48. The summed E-state index contributed by atoms with van der Waals surface area (Å²) in [5, 5.41) is 2.92. The van der Waals surface area contributed by atoms with Gasteiger partial charge in [-0.05, 0) is 19.1 Å². The van der Waals surface area contributed by atoms with Gasteiger partial charge in [0.25, 0.3) is 0 Å². The van der Waals surface area contributed by atoms with Gasteiger partial charge in [-0.1, -0.05) is 12.1 Å². The third-order valence-corrected chi connectivity index (χ3v) is 3.87. The van der Waals surface area contributed by atoms with Crippen molar-refractivity contribution in [2.75, 3.05) is 26.2 Å². The zero-order valence-electron chi connectivity index (χ0n) is 13.7. The van der Waals surface area contributed by atoms with E-state index in [9.17, 15) is 4.79 Å². The smallest absolute Gasteiger partial charge is 0.317 e. The van der Waals surface area contributed by atoms with Crippen molar-refractivity contribution in [3.05, 3.63) is 43.0 Å². The lowest BCUT2D eigenvalue weighted by molar-refractivity contribution is 0.0675. The van der Waals surface area contributed by atoms with E-state index in [2.05, 4.69) is 10.3 Å². The lowest BCUT2D eigenvalue weighted by Gasteiger charge is -2.31. The molecule has 2 heterocycles. The monoisotopic (exact) mass is 330 g/mol. The molecule has 2 amide bonds. The van der Waals surface area contributed by atoms with Crippen molar-refractivity contribution in [1.29, 1.82) is 0 Å². The van der Waals surface area contributed by atoms with E-state index in [1.807, 2.05) is 42.0 Å². The minimum Gasteiger partial charge on any atom is -0.486 e. The van der Waals surface area contributed by atoms with Gasteiger partial charge in [0.05, 0.1) is 12.9 Å². The second kappa shape index (κ2) is 7.72. The van der Waals surface area contributed by atoms with Gasteiger partial charge < -0.3 is 24.3 Å². The topological polar surface area (TPSA) is 68.6 Å². The average molecular weight is 330 g/mol. The summed E-state index contributed by atoms with van der Waals surface area (Å²) in [4.78, 5) is 18.0. The van der Waals surface area contributed by atoms with Crippen molar-refractivity contribution < 1.29 is 14.3 Å². The number of fused-ring (bicyclic) bond motifs is 1. The maximum Gasteiger partial charge on any atom is 0.317 e. The number of carbonyl (C=O) groups excluding carboxylic acids is 1. The first-order valence-corrected chi connectivity index (χ1v) is 8.13. The van der Waals surface area contributed by atoms with E-state index in [1.165, 1.54) is 0 Å². The number of benzene rings is 1. The summed E-state index contributed by atoms with van der Waals surface area (Å²) in [7, 11) is 0. The fourth-order valence-corrected chi connectivity index (χ4v) is 2.58. The van der Waals surface area contributed by atoms with Gasteiger partial charge in [-0.25, -0.2) is 9.78 Å². The van der Waals surface area contributed by atoms with E-state index in [0.29, 0.717) is 32.8 Å². The largest absolute Gasteiger partial charge is 0.486 e. The van der Waals surface area contributed by atoms with Crippen LogP contribution in [0.25, 0.3) is 0 Å². The first-order valence-electron chi connectivity index (χ1n) is 8.13. The van der Waals surface area contributed by atoms with E-state index in [0.717, 1.165) is 11.5 Å². The van der Waals surface area contributed by atoms with Gasteiger partial charge in [0, 0.05) is 32.0 Å². The highest BCUT2D eigenvalue weighted by Gasteiger charge is 2.24. The first kappa shape index (κ1) is 16.2. The normalized spacial score (nSPS) is 15.8. The van der Waals surface area contributed by atoms with Crippen molar-refractivity contribution in [2.45, 2.75) is 19.6 Å². The highest BCUT2D eigenvalue weighted by atomic mass is 16.6. The molecule has 0 saturated carbocycles. The molecule has 7 nitrogen and oxygen atoms in total. The molecule has 1 aliphatic heterocycles. The quantitative estimate of drug-likeness (QED) is 0.876. The van der Waals surface area contributed by atoms with Crippen LogP contribution < -0.4 is 14.8 Å². The fourth-order valence-electron chi connectivity index (χ4n) is 2.58. The third kappa shape index (κ3) is 3.98. The molecule has 7 heteroatoms. The molecule has 0 saturated heterocycles. The van der Waals surface area contributed by atoms with E-state index in [-0.39, 0.29) is 12.1 Å². The van der Waals surface area contributed by atoms with Crippen molar-refractivity contribution in [3.63, 3.8) is 0 Å². The Kier molecular flexibility index (Phi) is 5.20. The summed E-state index contributed by atoms with van der Waals surface area (Å²) < 4.78 is 13.5. The van der Waals surface area contributed by atoms with Crippen molar-refractivity contribution >= 4 is 6.03 Å². The molecule has 24 heavy (non-hydrogen) atoms. The number of imidazole rings is 1. The molecule has 0 fully saturated rings. The third-order valence-electron chi connectivity index (χ3n) is 3.87. The van der Waals surface area contributed by atoms with Crippen LogP contribution in [0.4, 0.5) is 4.79 Å². The zero-order valence-corrected chi connectivity index (χ0v) is 13.7. The lowest BCUT2D eigenvalue weighted by atomic mass is 10.2. The minimum atomic E-state index is -0.167. The molecule has 1 aromatic carbocycles. The average Bonchev–Trinajstić information content (AvgIpc) is 3.13. The molecule has 1 aliphatic rings. The molecule has 0 bridgehead atoms. The zero-order chi connectivity index (χ0) is 16.8. The van der Waals surface area contributed by atoms with E-state index in [4.69, 9.17) is 9.47 Å². The van der Waals surface area contributed by atoms with Gasteiger partial charge in [-0.2, -0.15) is 0 Å². The number of para-hydroxylation sites is 2. The number of aromatic nitrogens is 2. The van der Waals surface area contributed by atoms with E-state index < -0.39 is 0 Å². The number of nitrogens with zero attached hydrogens (tertiary/aromatic N) is 3. The van der Waals surface area contributed by atoms with Gasteiger partial charge in [0.1, 0.15) is 6.61 Å². The predicted molar refractivity (Wildman–Crippen MR) is 89.2 cm³/mol. The predicted octanol–water partition coefficient (Wildman–Crippen LogP) is 1.75. The number of hydrogen-bond acceptors (Lipinski definition) is 4. The number of ether oxygens (including phenoxy) is 2. The van der Waals surface area contributed by atoms with Crippen LogP contribution >= 0.6 is 0 Å². The van der Waals surface area contributed by atoms with Crippen LogP contribution in [0.1, 0.15) is 6.92 Å². The van der Waals surface area contributed by atoms with Crippen molar-refractivity contribution in [1.82, 2.24) is 19.8 Å². The van der Waals surface area contributed by atoms with E-state index >= 15 is 0 Å². The Morgan fingerprint density at radius 3 is 3.00 bits per heavy atom. The first-order chi connectivity index (χ1) is 11.8. The number of rotatable bonds is 6. The van der Waals surface area contributed by atoms with Crippen LogP contribution in [0.3, 0.4) is 0 Å². The Morgan fingerprint density at radius 2 is 2.25 bits per heavy atom. The molecule has 128 valence electrons. The maximum atomic E-state index is 12.3. The second-order valence-corrected chi connectivity index (χ2v) is 5.57. The Balaban J connectivity index is 1.48. The number of amides is 2. The van der Waals surface area contributed by atoms with Gasteiger partial charge in [-0.3, -0.25) is 0 Å². The Labute approximate surface area is 141 Å². The molecule has 0 radical (unpaired) electrons. The van der Waals surface area contributed by atoms with Crippen LogP contribution in [-0.4, -0.2) is 52.8 Å². The lowest BCUT2D eigenvalue weighted by Crippen LogP contribution is -2.47. The molecule has 0 aliphatic carbocycles. The summed E-state index contributed by atoms with van der Waals surface area (Å²) in [6.07, 6.45) is 5.15. The van der Waals surface area contributed by atoms with Crippen LogP contribution in [0.5, 0.6) is 11.5 Å². The Bertz CT molecular complexity index is 660. The standard InChI is InChI=1S/C17H22N4O3/c1-2-21(17(22)19-8-10-20-9-7-18-13-20)11-14-12-23-15-5-3-4-6-16(15)24-14/h3-7,9,13-14H,2,8,10-12H2,1H3,(H,19,22). The van der Waals surface area contributed by atoms with Gasteiger partial charge in [0.15, 0.2) is 17.6 Å². The summed E-state index contributed by atoms with van der Waals surface area (Å²) in [6, 6.07) is 7.48. The molecule has 1 unspecified atom stereocenters. The van der Waals surface area contributed by atoms with Crippen LogP contribution in [0.15, 0.2) is 43.0 Å². The number of nitrogens with one attached hydrogen (secondary N) is 1. The van der Waals surface area contributed by atoms with Gasteiger partial charge in [-0.15, -0.1) is 0 Å². The molecule has 0 spiro atoms. The second-order valence-electron chi connectivity index (χ2n) is 5.57. The fraction of sp³-hybridized carbons (Fsp3) is 0.412. The van der Waals surface area contributed by atoms with Crippen LogP contribution in [0, 0.1) is 0 Å². The SMILES string of the molecule is CCN(CC1COc2ccccc2O1)C(=O)NCCn1ccnc1. The molecular formula is C17H22N4O3. The number of carbonyl (C=O) groups is 1. The minimum absolute atomic E-state index is 0.0972. The van der Waals surface area contributed by atoms with Gasteiger partial charge in [0.2, 0.25) is 0 Å². The maximum absolute atomic E-state index is 12.3. The summed E-state index contributed by atoms with van der Waals surface area (Å²) in [6.45, 7) is 4.74. The highest BCUT2D eigenvalue weighted by Crippen LogP contribution is 2.30. The Morgan fingerprint density at radius 1 is 1.42 bits per heavy atom. The van der Waals surface area contributed by atoms with Crippen LogP contribution in [0.2, 0.25) is 0 Å². The number of urea groups is 1. The van der Waals surface area contributed by atoms with Crippen molar-refractivity contribution in [3.8, 4) is 11.5 Å². The summed E-state index contributed by atoms with van der Waals surface area (Å²) >= 11 is 0. The highest BCUT2D eigenvalue weighted by molar-refractivity contribution is 5.74. The number of likely N-dealkylation sites (N-methyl/N-ethyl adjacent to an activating group) is 1. The molecule has 2 aromatic rings. The molecule has 1 aromatic heterocycles. The Hall–Kier alpha value is -2.70. The molecule has 1 atom stereocenters. The van der Waals surface area contributed by atoms with Crippen molar-refractivity contribution in [2.24, 2.45) is 0 Å². The molecule has 1 N–H and O–H groups in total. The molecular weight excluding hydrogens is 308 g/mol.